The summed E-state index contributed by atoms with van der Waals surface area (Å²) in [6.07, 6.45) is 3.85. The number of nitrogens with zero attached hydrogens (tertiary/aromatic N) is 1. The Bertz CT molecular complexity index is 485. The van der Waals surface area contributed by atoms with Gasteiger partial charge in [0.15, 0.2) is 0 Å². The van der Waals surface area contributed by atoms with Gasteiger partial charge < -0.3 is 10.1 Å². The first-order valence-electron chi connectivity index (χ1n) is 6.59. The van der Waals surface area contributed by atoms with Gasteiger partial charge in [-0.3, -0.25) is 0 Å². The molecule has 102 valence electrons. The molecule has 1 N–H and O–H groups in total. The molecule has 3 nitrogen and oxygen atoms in total. The van der Waals surface area contributed by atoms with Crippen LogP contribution in [-0.2, 0) is 6.42 Å². The molecule has 1 atom stereocenters. The van der Waals surface area contributed by atoms with Crippen LogP contribution in [0, 0.1) is 0 Å². The first-order valence-corrected chi connectivity index (χ1v) is 7.47. The summed E-state index contributed by atoms with van der Waals surface area (Å²) >= 11 is 1.79. The molecular formula is C15H20N2OS. The minimum Gasteiger partial charge on any atom is -0.481 e. The Morgan fingerprint density at radius 2 is 2.26 bits per heavy atom. The van der Waals surface area contributed by atoms with Gasteiger partial charge in [0.1, 0.15) is 0 Å². The fraction of sp³-hybridized carbons (Fsp3) is 0.400. The van der Waals surface area contributed by atoms with Crippen LogP contribution in [0.5, 0.6) is 5.88 Å². The largest absolute Gasteiger partial charge is 0.481 e. The van der Waals surface area contributed by atoms with Crippen molar-refractivity contribution < 1.29 is 4.74 Å². The number of aromatic nitrogens is 1. The summed E-state index contributed by atoms with van der Waals surface area (Å²) in [4.78, 5) is 5.67. The quantitative estimate of drug-likeness (QED) is 0.841. The molecule has 0 saturated heterocycles. The molecule has 19 heavy (non-hydrogen) atoms. The van der Waals surface area contributed by atoms with E-state index in [4.69, 9.17) is 4.74 Å². The van der Waals surface area contributed by atoms with Crippen LogP contribution >= 0.6 is 11.3 Å². The van der Waals surface area contributed by atoms with Crippen LogP contribution in [0.4, 0.5) is 0 Å². The number of hydrogen-bond donors (Lipinski definition) is 1. The van der Waals surface area contributed by atoms with E-state index in [0.29, 0.717) is 5.88 Å². The van der Waals surface area contributed by atoms with Crippen molar-refractivity contribution in [2.75, 3.05) is 13.7 Å². The number of methoxy groups -OCH3 is 1. The lowest BCUT2D eigenvalue weighted by Crippen LogP contribution is -2.24. The van der Waals surface area contributed by atoms with Crippen molar-refractivity contribution in [2.24, 2.45) is 0 Å². The zero-order chi connectivity index (χ0) is 13.5. The van der Waals surface area contributed by atoms with Crippen LogP contribution < -0.4 is 10.1 Å². The van der Waals surface area contributed by atoms with Gasteiger partial charge in [-0.15, -0.1) is 11.3 Å². The molecule has 2 rings (SSSR count). The van der Waals surface area contributed by atoms with Gasteiger partial charge in [-0.05, 0) is 30.5 Å². The molecule has 0 aromatic carbocycles. The molecule has 0 aliphatic rings. The van der Waals surface area contributed by atoms with Gasteiger partial charge in [0.2, 0.25) is 5.88 Å². The maximum Gasteiger partial charge on any atom is 0.217 e. The van der Waals surface area contributed by atoms with Crippen molar-refractivity contribution in [1.29, 1.82) is 0 Å². The number of nitrogens with one attached hydrogen (secondary N) is 1. The fourth-order valence-corrected chi connectivity index (χ4v) is 2.83. The maximum atomic E-state index is 5.38. The molecule has 0 aliphatic heterocycles. The molecule has 0 bridgehead atoms. The highest BCUT2D eigenvalue weighted by Crippen LogP contribution is 2.26. The molecule has 0 fully saturated rings. The Hall–Kier alpha value is -1.39. The number of pyridine rings is 1. The molecule has 4 heteroatoms. The molecule has 2 aromatic heterocycles. The fourth-order valence-electron chi connectivity index (χ4n) is 2.08. The highest BCUT2D eigenvalue weighted by Gasteiger charge is 2.17. The summed E-state index contributed by atoms with van der Waals surface area (Å²) < 4.78 is 5.38. The molecule has 1 unspecified atom stereocenters. The first kappa shape index (κ1) is 14.0. The predicted molar refractivity (Wildman–Crippen MR) is 79.8 cm³/mol. The molecule has 0 radical (unpaired) electrons. The lowest BCUT2D eigenvalue weighted by atomic mass is 10.0. The van der Waals surface area contributed by atoms with Crippen molar-refractivity contribution in [1.82, 2.24) is 10.3 Å². The van der Waals surface area contributed by atoms with Crippen LogP contribution in [0.2, 0.25) is 0 Å². The summed E-state index contributed by atoms with van der Waals surface area (Å²) in [6.45, 7) is 3.17. The van der Waals surface area contributed by atoms with E-state index in [2.05, 4.69) is 40.8 Å². The minimum atomic E-state index is 0.252. The third kappa shape index (κ3) is 3.78. The normalized spacial score (nSPS) is 12.3. The smallest absolute Gasteiger partial charge is 0.217 e. The van der Waals surface area contributed by atoms with Crippen molar-refractivity contribution in [3.63, 3.8) is 0 Å². The summed E-state index contributed by atoms with van der Waals surface area (Å²) in [7, 11) is 1.67. The maximum absolute atomic E-state index is 5.38. The lowest BCUT2D eigenvalue weighted by Gasteiger charge is -2.20. The minimum absolute atomic E-state index is 0.252. The lowest BCUT2D eigenvalue weighted by molar-refractivity contribution is 0.382. The summed E-state index contributed by atoms with van der Waals surface area (Å²) in [6, 6.07) is 8.58. The molecule has 2 heterocycles. The third-order valence-corrected chi connectivity index (χ3v) is 3.89. The van der Waals surface area contributed by atoms with E-state index in [-0.39, 0.29) is 6.04 Å². The van der Waals surface area contributed by atoms with E-state index in [1.165, 1.54) is 4.88 Å². The summed E-state index contributed by atoms with van der Waals surface area (Å²) in [5, 5.41) is 5.70. The Kier molecular flexibility index (Phi) is 5.36. The monoisotopic (exact) mass is 276 g/mol. The highest BCUT2D eigenvalue weighted by atomic mass is 32.1. The van der Waals surface area contributed by atoms with Gasteiger partial charge in [0, 0.05) is 29.1 Å². The van der Waals surface area contributed by atoms with Crippen LogP contribution in [0.1, 0.15) is 29.8 Å². The van der Waals surface area contributed by atoms with Crippen LogP contribution in [-0.4, -0.2) is 18.6 Å². The van der Waals surface area contributed by atoms with Crippen LogP contribution in [0.25, 0.3) is 0 Å². The Morgan fingerprint density at radius 1 is 1.37 bits per heavy atom. The number of hydrogen-bond acceptors (Lipinski definition) is 4. The Labute approximate surface area is 118 Å². The topological polar surface area (TPSA) is 34.2 Å². The van der Waals surface area contributed by atoms with Gasteiger partial charge in [0.05, 0.1) is 7.11 Å². The molecule has 0 aliphatic carbocycles. The second kappa shape index (κ2) is 7.26. The van der Waals surface area contributed by atoms with Crippen LogP contribution in [0.3, 0.4) is 0 Å². The Morgan fingerprint density at radius 3 is 2.95 bits per heavy atom. The van der Waals surface area contributed by atoms with E-state index in [9.17, 15) is 0 Å². The van der Waals surface area contributed by atoms with Gasteiger partial charge in [-0.1, -0.05) is 19.1 Å². The van der Waals surface area contributed by atoms with E-state index >= 15 is 0 Å². The average Bonchev–Trinajstić information content (AvgIpc) is 2.96. The molecule has 0 spiro atoms. The van der Waals surface area contributed by atoms with Crippen molar-refractivity contribution >= 4 is 11.3 Å². The average molecular weight is 276 g/mol. The van der Waals surface area contributed by atoms with Crippen molar-refractivity contribution in [3.05, 3.63) is 46.3 Å². The zero-order valence-corrected chi connectivity index (χ0v) is 12.2. The summed E-state index contributed by atoms with van der Waals surface area (Å²) in [5.74, 6) is 0.715. The van der Waals surface area contributed by atoms with Crippen LogP contribution in [0.15, 0.2) is 35.8 Å². The molecule has 2 aromatic rings. The third-order valence-electron chi connectivity index (χ3n) is 3.00. The number of thiophene rings is 1. The molecule has 0 amide bonds. The second-order valence-corrected chi connectivity index (χ2v) is 5.42. The zero-order valence-electron chi connectivity index (χ0n) is 11.4. The number of rotatable bonds is 7. The van der Waals surface area contributed by atoms with E-state index in [1.54, 1.807) is 24.6 Å². The molecule has 0 saturated carbocycles. The van der Waals surface area contributed by atoms with Crippen molar-refractivity contribution in [2.45, 2.75) is 25.8 Å². The molecular weight excluding hydrogens is 256 g/mol. The SMILES string of the molecule is CCCNC(Cc1cccs1)c1cccnc1OC. The van der Waals surface area contributed by atoms with Crippen molar-refractivity contribution in [3.8, 4) is 5.88 Å². The predicted octanol–water partition coefficient (Wildman–Crippen LogP) is 3.44. The summed E-state index contributed by atoms with van der Waals surface area (Å²) in [5.41, 5.74) is 1.13. The van der Waals surface area contributed by atoms with E-state index in [0.717, 1.165) is 24.9 Å². The van der Waals surface area contributed by atoms with Gasteiger partial charge in [0.25, 0.3) is 0 Å². The highest BCUT2D eigenvalue weighted by molar-refractivity contribution is 7.09. The second-order valence-electron chi connectivity index (χ2n) is 4.39. The Balaban J connectivity index is 2.20. The van der Waals surface area contributed by atoms with E-state index < -0.39 is 0 Å². The standard InChI is InChI=1S/C15H20N2OS/c1-3-8-16-14(11-12-6-5-10-19-12)13-7-4-9-17-15(13)18-2/h4-7,9-10,14,16H,3,8,11H2,1-2H3. The van der Waals surface area contributed by atoms with E-state index in [1.807, 2.05) is 6.07 Å². The number of ether oxygens (including phenoxy) is 1. The first-order chi connectivity index (χ1) is 9.35. The van der Waals surface area contributed by atoms with Gasteiger partial charge in [-0.25, -0.2) is 4.98 Å². The van der Waals surface area contributed by atoms with Gasteiger partial charge >= 0.3 is 0 Å². The van der Waals surface area contributed by atoms with Gasteiger partial charge in [-0.2, -0.15) is 0 Å².